The summed E-state index contributed by atoms with van der Waals surface area (Å²) < 4.78 is 1.64. The van der Waals surface area contributed by atoms with E-state index in [0.29, 0.717) is 23.2 Å². The molecule has 1 aromatic heterocycles. The molecule has 3 rings (SSSR count). The molecule has 1 saturated carbocycles. The molecule has 1 aliphatic carbocycles. The Kier molecular flexibility index (Phi) is 3.85. The maximum atomic E-state index is 11.1. The summed E-state index contributed by atoms with van der Waals surface area (Å²) >= 11 is 6.10. The lowest BCUT2D eigenvalue weighted by Crippen LogP contribution is -2.20. The summed E-state index contributed by atoms with van der Waals surface area (Å²) in [4.78, 5) is 14.9. The lowest BCUT2D eigenvalue weighted by atomic mass is 10.2. The van der Waals surface area contributed by atoms with Gasteiger partial charge in [0.05, 0.1) is 28.6 Å². The third-order valence-electron chi connectivity index (χ3n) is 3.42. The Morgan fingerprint density at radius 3 is 3.00 bits per heavy atom. The summed E-state index contributed by atoms with van der Waals surface area (Å²) in [6.45, 7) is 0.834. The highest BCUT2D eigenvalue weighted by Crippen LogP contribution is 2.27. The molecule has 21 heavy (non-hydrogen) atoms. The summed E-state index contributed by atoms with van der Waals surface area (Å²) in [5, 5.41) is 18.9. The maximum absolute atomic E-state index is 11.1. The van der Waals surface area contributed by atoms with Gasteiger partial charge in [-0.25, -0.2) is 9.67 Å². The fourth-order valence-corrected chi connectivity index (χ4v) is 2.33. The maximum Gasteiger partial charge on any atom is 0.275 e. The second kappa shape index (κ2) is 5.79. The van der Waals surface area contributed by atoms with Crippen LogP contribution in [0.4, 0.5) is 5.69 Å². The van der Waals surface area contributed by atoms with Gasteiger partial charge in [0.25, 0.3) is 5.69 Å². The van der Waals surface area contributed by atoms with Gasteiger partial charge >= 0.3 is 0 Å². The smallest absolute Gasteiger partial charge is 0.275 e. The van der Waals surface area contributed by atoms with Crippen molar-refractivity contribution in [3.05, 3.63) is 51.1 Å². The quantitative estimate of drug-likeness (QED) is 0.652. The van der Waals surface area contributed by atoms with E-state index in [4.69, 9.17) is 11.6 Å². The number of benzene rings is 1. The van der Waals surface area contributed by atoms with E-state index < -0.39 is 4.92 Å². The molecule has 0 amide bonds. The van der Waals surface area contributed by atoms with E-state index >= 15 is 0 Å². The Morgan fingerprint density at radius 2 is 2.29 bits per heavy atom. The SMILES string of the molecule is O=[N+]([O-])c1cccc(Cl)c1Cn1ncnc1CNC1CC1. The first-order valence-electron chi connectivity index (χ1n) is 6.67. The van der Waals surface area contributed by atoms with Crippen LogP contribution in [0.2, 0.25) is 5.02 Å². The molecule has 2 aromatic rings. The Bertz CT molecular complexity index is 668. The number of nitro benzene ring substituents is 1. The summed E-state index contributed by atoms with van der Waals surface area (Å²) in [6.07, 6.45) is 3.82. The van der Waals surface area contributed by atoms with E-state index in [1.165, 1.54) is 25.2 Å². The molecule has 1 N–H and O–H groups in total. The van der Waals surface area contributed by atoms with Crippen molar-refractivity contribution < 1.29 is 4.92 Å². The van der Waals surface area contributed by atoms with Gasteiger partial charge in [-0.15, -0.1) is 0 Å². The van der Waals surface area contributed by atoms with Crippen LogP contribution in [0.25, 0.3) is 0 Å². The molecule has 0 spiro atoms. The van der Waals surface area contributed by atoms with Gasteiger partial charge in [-0.1, -0.05) is 17.7 Å². The monoisotopic (exact) mass is 307 g/mol. The van der Waals surface area contributed by atoms with Crippen LogP contribution < -0.4 is 5.32 Å². The average Bonchev–Trinajstić information content (AvgIpc) is 3.18. The predicted molar refractivity (Wildman–Crippen MR) is 77.1 cm³/mol. The number of nitrogens with zero attached hydrogens (tertiary/aromatic N) is 4. The number of nitro groups is 1. The normalized spacial score (nSPS) is 14.3. The number of halogens is 1. The molecular formula is C13H14ClN5O2. The standard InChI is InChI=1S/C13H14ClN5O2/c14-11-2-1-3-12(19(20)21)10(11)7-18-13(16-8-17-18)6-15-9-4-5-9/h1-3,8-9,15H,4-7H2. The lowest BCUT2D eigenvalue weighted by molar-refractivity contribution is -0.385. The van der Waals surface area contributed by atoms with Crippen molar-refractivity contribution in [2.75, 3.05) is 0 Å². The van der Waals surface area contributed by atoms with Crippen LogP contribution in [-0.4, -0.2) is 25.7 Å². The van der Waals surface area contributed by atoms with Crippen molar-refractivity contribution in [1.29, 1.82) is 0 Å². The zero-order chi connectivity index (χ0) is 14.8. The van der Waals surface area contributed by atoms with Crippen LogP contribution in [0.5, 0.6) is 0 Å². The minimum absolute atomic E-state index is 0.000831. The van der Waals surface area contributed by atoms with Crippen molar-refractivity contribution in [3.8, 4) is 0 Å². The van der Waals surface area contributed by atoms with Gasteiger partial charge in [0.1, 0.15) is 12.2 Å². The van der Waals surface area contributed by atoms with E-state index in [2.05, 4.69) is 15.4 Å². The number of nitrogens with one attached hydrogen (secondary N) is 1. The molecule has 1 aliphatic rings. The van der Waals surface area contributed by atoms with Crippen LogP contribution in [-0.2, 0) is 13.1 Å². The highest BCUT2D eigenvalue weighted by molar-refractivity contribution is 6.31. The van der Waals surface area contributed by atoms with Crippen LogP contribution in [0.1, 0.15) is 24.2 Å². The molecular weight excluding hydrogens is 294 g/mol. The predicted octanol–water partition coefficient (Wildman–Crippen LogP) is 2.14. The highest BCUT2D eigenvalue weighted by Gasteiger charge is 2.22. The van der Waals surface area contributed by atoms with Crippen molar-refractivity contribution in [3.63, 3.8) is 0 Å². The minimum atomic E-state index is -0.430. The van der Waals surface area contributed by atoms with Gasteiger partial charge in [-0.05, 0) is 18.9 Å². The van der Waals surface area contributed by atoms with Gasteiger partial charge in [-0.2, -0.15) is 5.10 Å². The molecule has 1 heterocycles. The Morgan fingerprint density at radius 1 is 1.48 bits per heavy atom. The van der Waals surface area contributed by atoms with Gasteiger partial charge < -0.3 is 5.32 Å². The first kappa shape index (κ1) is 14.0. The zero-order valence-electron chi connectivity index (χ0n) is 11.2. The van der Waals surface area contributed by atoms with E-state index in [1.54, 1.807) is 16.8 Å². The molecule has 8 heteroatoms. The van der Waals surface area contributed by atoms with Gasteiger partial charge in [0.15, 0.2) is 0 Å². The van der Waals surface area contributed by atoms with E-state index in [0.717, 1.165) is 5.82 Å². The molecule has 1 fully saturated rings. The first-order valence-corrected chi connectivity index (χ1v) is 7.05. The fourth-order valence-electron chi connectivity index (χ4n) is 2.10. The lowest BCUT2D eigenvalue weighted by Gasteiger charge is -2.09. The Hall–Kier alpha value is -1.99. The second-order valence-electron chi connectivity index (χ2n) is 4.98. The highest BCUT2D eigenvalue weighted by atomic mass is 35.5. The molecule has 0 bridgehead atoms. The number of hydrogen-bond donors (Lipinski definition) is 1. The van der Waals surface area contributed by atoms with Crippen molar-refractivity contribution >= 4 is 17.3 Å². The number of aromatic nitrogens is 3. The zero-order valence-corrected chi connectivity index (χ0v) is 12.0. The van der Waals surface area contributed by atoms with Crippen molar-refractivity contribution in [1.82, 2.24) is 20.1 Å². The molecule has 0 radical (unpaired) electrons. The molecule has 7 nitrogen and oxygen atoms in total. The van der Waals surface area contributed by atoms with Crippen LogP contribution in [0, 0.1) is 10.1 Å². The van der Waals surface area contributed by atoms with Gasteiger partial charge in [0.2, 0.25) is 0 Å². The number of rotatable bonds is 6. The van der Waals surface area contributed by atoms with Gasteiger partial charge in [0, 0.05) is 12.1 Å². The summed E-state index contributed by atoms with van der Waals surface area (Å²) in [5.41, 5.74) is 0.446. The van der Waals surface area contributed by atoms with Crippen molar-refractivity contribution in [2.45, 2.75) is 32.0 Å². The molecule has 0 aliphatic heterocycles. The summed E-state index contributed by atoms with van der Waals surface area (Å²) in [7, 11) is 0. The minimum Gasteiger partial charge on any atom is -0.307 e. The Labute approximate surface area is 126 Å². The third kappa shape index (κ3) is 3.20. The summed E-state index contributed by atoms with van der Waals surface area (Å²) in [6, 6.07) is 5.22. The average molecular weight is 308 g/mol. The van der Waals surface area contributed by atoms with Crippen LogP contribution in [0.3, 0.4) is 0 Å². The van der Waals surface area contributed by atoms with E-state index in [9.17, 15) is 10.1 Å². The van der Waals surface area contributed by atoms with E-state index in [1.807, 2.05) is 0 Å². The molecule has 0 saturated heterocycles. The second-order valence-corrected chi connectivity index (χ2v) is 5.39. The van der Waals surface area contributed by atoms with Crippen LogP contribution in [0.15, 0.2) is 24.5 Å². The first-order chi connectivity index (χ1) is 10.1. The largest absolute Gasteiger partial charge is 0.307 e. The molecule has 110 valence electrons. The number of hydrogen-bond acceptors (Lipinski definition) is 5. The molecule has 0 atom stereocenters. The fraction of sp³-hybridized carbons (Fsp3) is 0.385. The topological polar surface area (TPSA) is 85.9 Å². The van der Waals surface area contributed by atoms with Crippen LogP contribution >= 0.6 is 11.6 Å². The third-order valence-corrected chi connectivity index (χ3v) is 3.77. The molecule has 0 unspecified atom stereocenters. The van der Waals surface area contributed by atoms with Crippen molar-refractivity contribution in [2.24, 2.45) is 0 Å². The van der Waals surface area contributed by atoms with Gasteiger partial charge in [-0.3, -0.25) is 10.1 Å². The van der Waals surface area contributed by atoms with E-state index in [-0.39, 0.29) is 12.2 Å². The Balaban J connectivity index is 1.83. The summed E-state index contributed by atoms with van der Waals surface area (Å²) in [5.74, 6) is 0.746. The molecule has 1 aromatic carbocycles.